The number of nitrogens with one attached hydrogen (secondary N) is 1. The Hall–Kier alpha value is -2.43. The number of likely N-dealkylation sites (tertiary alicyclic amines) is 1. The third kappa shape index (κ3) is 3.37. The molecule has 2 aromatic rings. The van der Waals surface area contributed by atoms with Crippen molar-refractivity contribution in [3.05, 3.63) is 54.0 Å². The molecule has 0 saturated carbocycles. The minimum atomic E-state index is -0.0189. The van der Waals surface area contributed by atoms with Gasteiger partial charge in [0.2, 0.25) is 0 Å². The van der Waals surface area contributed by atoms with Crippen molar-refractivity contribution in [2.24, 2.45) is 0 Å². The fourth-order valence-corrected chi connectivity index (χ4v) is 2.40. The molecule has 1 amide bonds. The van der Waals surface area contributed by atoms with Crippen molar-refractivity contribution in [1.29, 1.82) is 0 Å². The van der Waals surface area contributed by atoms with E-state index in [-0.39, 0.29) is 5.91 Å². The Morgan fingerprint density at radius 1 is 1.10 bits per heavy atom. The van der Waals surface area contributed by atoms with Crippen LogP contribution in [0.2, 0.25) is 0 Å². The second kappa shape index (κ2) is 6.35. The van der Waals surface area contributed by atoms with Gasteiger partial charge in [0.15, 0.2) is 0 Å². The monoisotopic (exact) mass is 282 g/mol. The number of aromatic nitrogens is 2. The van der Waals surface area contributed by atoms with E-state index in [1.54, 1.807) is 12.4 Å². The Bertz CT molecular complexity index is 591. The van der Waals surface area contributed by atoms with Crippen LogP contribution in [-0.4, -0.2) is 33.9 Å². The minimum Gasteiger partial charge on any atom is -0.365 e. The summed E-state index contributed by atoms with van der Waals surface area (Å²) in [5, 5.41) is 3.20. The first-order valence-corrected chi connectivity index (χ1v) is 7.22. The number of hydrogen-bond donors (Lipinski definition) is 1. The minimum absolute atomic E-state index is 0.0189. The summed E-state index contributed by atoms with van der Waals surface area (Å²) in [6.45, 7) is 2.35. The Morgan fingerprint density at radius 3 is 2.52 bits per heavy atom. The van der Waals surface area contributed by atoms with E-state index in [2.05, 4.69) is 15.3 Å². The number of amides is 1. The number of nitrogens with zero attached hydrogens (tertiary/aromatic N) is 3. The smallest absolute Gasteiger partial charge is 0.274 e. The topological polar surface area (TPSA) is 58.1 Å². The first-order valence-electron chi connectivity index (χ1n) is 7.22. The molecule has 108 valence electrons. The third-order valence-electron chi connectivity index (χ3n) is 3.58. The van der Waals surface area contributed by atoms with Crippen LogP contribution in [0.5, 0.6) is 0 Å². The summed E-state index contributed by atoms with van der Waals surface area (Å²) in [5.74, 6) is 0.659. The zero-order valence-corrected chi connectivity index (χ0v) is 11.8. The average Bonchev–Trinajstić information content (AvgIpc) is 3.08. The van der Waals surface area contributed by atoms with Crippen LogP contribution >= 0.6 is 0 Å². The van der Waals surface area contributed by atoms with Gasteiger partial charge in [-0.2, -0.15) is 0 Å². The molecule has 1 aromatic carbocycles. The summed E-state index contributed by atoms with van der Waals surface area (Å²) in [4.78, 5) is 22.5. The fraction of sp³-hybridized carbons (Fsp3) is 0.312. The van der Waals surface area contributed by atoms with E-state index in [0.717, 1.165) is 25.9 Å². The Balaban J connectivity index is 1.60. The average molecular weight is 282 g/mol. The third-order valence-corrected chi connectivity index (χ3v) is 3.58. The van der Waals surface area contributed by atoms with Crippen LogP contribution in [0.1, 0.15) is 28.9 Å². The molecule has 0 spiro atoms. The second-order valence-corrected chi connectivity index (χ2v) is 5.13. The Labute approximate surface area is 124 Å². The van der Waals surface area contributed by atoms with Crippen molar-refractivity contribution >= 4 is 11.7 Å². The lowest BCUT2D eigenvalue weighted by Gasteiger charge is -2.14. The molecular weight excluding hydrogens is 264 g/mol. The Morgan fingerprint density at radius 2 is 1.86 bits per heavy atom. The molecule has 1 aliphatic rings. The number of anilines is 1. The number of hydrogen-bond acceptors (Lipinski definition) is 4. The van der Waals surface area contributed by atoms with Crippen LogP contribution in [-0.2, 0) is 6.54 Å². The van der Waals surface area contributed by atoms with Crippen molar-refractivity contribution in [2.75, 3.05) is 18.4 Å². The van der Waals surface area contributed by atoms with Crippen molar-refractivity contribution in [3.8, 4) is 0 Å². The van der Waals surface area contributed by atoms with Gasteiger partial charge in [0.1, 0.15) is 11.5 Å². The molecule has 21 heavy (non-hydrogen) atoms. The van der Waals surface area contributed by atoms with Gasteiger partial charge >= 0.3 is 0 Å². The maximum Gasteiger partial charge on any atom is 0.274 e. The Kier molecular flexibility index (Phi) is 4.09. The molecule has 3 rings (SSSR count). The van der Waals surface area contributed by atoms with Crippen LogP contribution in [0.15, 0.2) is 42.7 Å². The van der Waals surface area contributed by atoms with E-state index in [0.29, 0.717) is 18.1 Å². The maximum absolute atomic E-state index is 12.1. The molecule has 1 fully saturated rings. The van der Waals surface area contributed by atoms with E-state index in [4.69, 9.17) is 0 Å². The number of benzene rings is 1. The molecule has 0 aliphatic carbocycles. The lowest BCUT2D eigenvalue weighted by atomic mass is 10.2. The van der Waals surface area contributed by atoms with Gasteiger partial charge in [-0.15, -0.1) is 0 Å². The predicted molar refractivity (Wildman–Crippen MR) is 80.9 cm³/mol. The molecule has 1 aliphatic heterocycles. The van der Waals surface area contributed by atoms with Gasteiger partial charge in [-0.25, -0.2) is 9.97 Å². The summed E-state index contributed by atoms with van der Waals surface area (Å²) in [5.41, 5.74) is 1.60. The number of carbonyl (C=O) groups is 1. The summed E-state index contributed by atoms with van der Waals surface area (Å²) in [6.07, 6.45) is 5.33. The lowest BCUT2D eigenvalue weighted by Crippen LogP contribution is -2.28. The van der Waals surface area contributed by atoms with Gasteiger partial charge in [-0.3, -0.25) is 4.79 Å². The fourth-order valence-electron chi connectivity index (χ4n) is 2.40. The molecule has 1 N–H and O–H groups in total. The molecular formula is C16H18N4O. The maximum atomic E-state index is 12.1. The molecule has 5 nitrogen and oxygen atoms in total. The van der Waals surface area contributed by atoms with Gasteiger partial charge < -0.3 is 10.2 Å². The van der Waals surface area contributed by atoms with Crippen LogP contribution in [0.3, 0.4) is 0 Å². The highest BCUT2D eigenvalue weighted by molar-refractivity contribution is 5.92. The van der Waals surface area contributed by atoms with Gasteiger partial charge in [0.25, 0.3) is 5.91 Å². The van der Waals surface area contributed by atoms with Gasteiger partial charge in [-0.1, -0.05) is 30.3 Å². The van der Waals surface area contributed by atoms with Gasteiger partial charge in [0.05, 0.1) is 12.4 Å². The quantitative estimate of drug-likeness (QED) is 0.935. The second-order valence-electron chi connectivity index (χ2n) is 5.13. The molecule has 1 aromatic heterocycles. The summed E-state index contributed by atoms with van der Waals surface area (Å²) in [6, 6.07) is 10.1. The van der Waals surface area contributed by atoms with Crippen LogP contribution in [0, 0.1) is 0 Å². The molecule has 2 heterocycles. The molecule has 0 radical (unpaired) electrons. The summed E-state index contributed by atoms with van der Waals surface area (Å²) < 4.78 is 0. The molecule has 0 bridgehead atoms. The van der Waals surface area contributed by atoms with E-state index >= 15 is 0 Å². The first kappa shape index (κ1) is 13.5. The van der Waals surface area contributed by atoms with Crippen LogP contribution in [0.4, 0.5) is 5.82 Å². The summed E-state index contributed by atoms with van der Waals surface area (Å²) >= 11 is 0. The first-order chi connectivity index (χ1) is 10.3. The lowest BCUT2D eigenvalue weighted by molar-refractivity contribution is 0.0786. The zero-order chi connectivity index (χ0) is 14.5. The highest BCUT2D eigenvalue weighted by Crippen LogP contribution is 2.12. The molecule has 5 heteroatoms. The normalized spacial score (nSPS) is 14.2. The number of carbonyl (C=O) groups excluding carboxylic acids is 1. The van der Waals surface area contributed by atoms with Crippen LogP contribution < -0.4 is 5.32 Å². The van der Waals surface area contributed by atoms with E-state index in [1.807, 2.05) is 35.2 Å². The zero-order valence-electron chi connectivity index (χ0n) is 11.8. The van der Waals surface area contributed by atoms with E-state index in [9.17, 15) is 4.79 Å². The van der Waals surface area contributed by atoms with E-state index in [1.165, 1.54) is 5.56 Å². The van der Waals surface area contributed by atoms with Crippen molar-refractivity contribution < 1.29 is 4.79 Å². The summed E-state index contributed by atoms with van der Waals surface area (Å²) in [7, 11) is 0. The van der Waals surface area contributed by atoms with Crippen molar-refractivity contribution in [1.82, 2.24) is 14.9 Å². The van der Waals surface area contributed by atoms with Crippen molar-refractivity contribution in [3.63, 3.8) is 0 Å². The van der Waals surface area contributed by atoms with E-state index < -0.39 is 0 Å². The molecule has 1 saturated heterocycles. The standard InChI is InChI=1S/C16H18N4O/c21-16(20-8-4-5-9-20)14-11-19-15(12-17-14)18-10-13-6-2-1-3-7-13/h1-3,6-7,11-12H,4-5,8-10H2,(H,18,19). The highest BCUT2D eigenvalue weighted by Gasteiger charge is 2.20. The largest absolute Gasteiger partial charge is 0.365 e. The SMILES string of the molecule is O=C(c1cnc(NCc2ccccc2)cn1)N1CCCC1. The van der Waals surface area contributed by atoms with Crippen molar-refractivity contribution in [2.45, 2.75) is 19.4 Å². The highest BCUT2D eigenvalue weighted by atomic mass is 16.2. The molecule has 0 atom stereocenters. The van der Waals surface area contributed by atoms with Crippen LogP contribution in [0.25, 0.3) is 0 Å². The van der Waals surface area contributed by atoms with Gasteiger partial charge in [0, 0.05) is 19.6 Å². The van der Waals surface area contributed by atoms with Gasteiger partial charge in [-0.05, 0) is 18.4 Å². The number of rotatable bonds is 4. The predicted octanol–water partition coefficient (Wildman–Crippen LogP) is 2.32. The molecule has 0 unspecified atom stereocenters.